The molecule has 1 N–H and O–H groups in total. The molecule has 0 radical (unpaired) electrons. The topological polar surface area (TPSA) is 58.6 Å². The molecule has 1 atom stereocenters. The molecule has 166 valence electrons. The maximum atomic E-state index is 13.6. The summed E-state index contributed by atoms with van der Waals surface area (Å²) in [6, 6.07) is 7.58. The van der Waals surface area contributed by atoms with Gasteiger partial charge in [-0.3, -0.25) is 0 Å². The third-order valence-corrected chi connectivity index (χ3v) is 6.21. The van der Waals surface area contributed by atoms with Crippen LogP contribution in [0.15, 0.2) is 41.3 Å². The number of nitrogens with one attached hydrogen (secondary N) is 1. The standard InChI is InChI=1S/C21H27F3N2O3S/c1-14-10-15(2)20(16(3)11-14)30(27,28)25-19(21(22,23)24)13-29-18-9-7-6-8-17(18)12-26(4)5/h6-11,19,25H,12-13H2,1-5H3. The van der Waals surface area contributed by atoms with Crippen LogP contribution in [0.4, 0.5) is 13.2 Å². The molecule has 9 heteroatoms. The second-order valence-electron chi connectivity index (χ2n) is 7.60. The summed E-state index contributed by atoms with van der Waals surface area (Å²) >= 11 is 0. The largest absolute Gasteiger partial charge is 0.491 e. The van der Waals surface area contributed by atoms with Gasteiger partial charge in [-0.15, -0.1) is 0 Å². The van der Waals surface area contributed by atoms with Crippen molar-refractivity contribution in [3.63, 3.8) is 0 Å². The molecule has 0 heterocycles. The Balaban J connectivity index is 2.29. The number of halogens is 3. The normalized spacial score (nSPS) is 13.5. The first-order valence-electron chi connectivity index (χ1n) is 9.33. The van der Waals surface area contributed by atoms with Gasteiger partial charge in [-0.1, -0.05) is 35.9 Å². The summed E-state index contributed by atoms with van der Waals surface area (Å²) in [6.45, 7) is 4.51. The number of benzene rings is 2. The fourth-order valence-electron chi connectivity index (χ4n) is 3.32. The molecule has 1 unspecified atom stereocenters. The van der Waals surface area contributed by atoms with Gasteiger partial charge in [0, 0.05) is 12.1 Å². The summed E-state index contributed by atoms with van der Waals surface area (Å²) in [5.74, 6) is 0.280. The maximum Gasteiger partial charge on any atom is 0.408 e. The van der Waals surface area contributed by atoms with E-state index in [-0.39, 0.29) is 10.6 Å². The highest BCUT2D eigenvalue weighted by Gasteiger charge is 2.43. The van der Waals surface area contributed by atoms with Crippen molar-refractivity contribution in [2.75, 3.05) is 20.7 Å². The van der Waals surface area contributed by atoms with Crippen molar-refractivity contribution >= 4 is 10.0 Å². The van der Waals surface area contributed by atoms with Gasteiger partial charge < -0.3 is 9.64 Å². The van der Waals surface area contributed by atoms with Crippen LogP contribution in [0.2, 0.25) is 0 Å². The number of hydrogen-bond donors (Lipinski definition) is 1. The molecule has 0 aromatic heterocycles. The summed E-state index contributed by atoms with van der Waals surface area (Å²) in [4.78, 5) is 1.71. The number of alkyl halides is 3. The fraction of sp³-hybridized carbons (Fsp3) is 0.429. The molecule has 0 spiro atoms. The lowest BCUT2D eigenvalue weighted by molar-refractivity contribution is -0.157. The quantitative estimate of drug-likeness (QED) is 0.670. The molecule has 5 nitrogen and oxygen atoms in total. The first-order chi connectivity index (χ1) is 13.8. The van der Waals surface area contributed by atoms with Crippen LogP contribution in [0.3, 0.4) is 0 Å². The molecule has 0 fully saturated rings. The Labute approximate surface area is 175 Å². The highest BCUT2D eigenvalue weighted by atomic mass is 32.2. The Morgan fingerprint density at radius 2 is 1.63 bits per heavy atom. The average Bonchev–Trinajstić information content (AvgIpc) is 2.57. The smallest absolute Gasteiger partial charge is 0.408 e. The van der Waals surface area contributed by atoms with Gasteiger partial charge in [-0.2, -0.15) is 17.9 Å². The van der Waals surface area contributed by atoms with Gasteiger partial charge in [0.25, 0.3) is 0 Å². The minimum atomic E-state index is -4.82. The van der Waals surface area contributed by atoms with Crippen LogP contribution in [0.25, 0.3) is 0 Å². The summed E-state index contributed by atoms with van der Waals surface area (Å²) in [7, 11) is -0.754. The molecule has 0 aliphatic carbocycles. The van der Waals surface area contributed by atoms with Gasteiger partial charge in [-0.05, 0) is 52.1 Å². The van der Waals surface area contributed by atoms with E-state index >= 15 is 0 Å². The van der Waals surface area contributed by atoms with E-state index < -0.39 is 28.8 Å². The lowest BCUT2D eigenvalue weighted by Gasteiger charge is -2.24. The van der Waals surface area contributed by atoms with E-state index in [1.165, 1.54) is 0 Å². The van der Waals surface area contributed by atoms with Crippen LogP contribution in [-0.2, 0) is 16.6 Å². The molecule has 0 saturated heterocycles. The third-order valence-electron chi connectivity index (χ3n) is 4.43. The van der Waals surface area contributed by atoms with Crippen LogP contribution in [0.5, 0.6) is 5.75 Å². The van der Waals surface area contributed by atoms with E-state index in [9.17, 15) is 21.6 Å². The van der Waals surface area contributed by atoms with Crippen LogP contribution in [0.1, 0.15) is 22.3 Å². The fourth-order valence-corrected chi connectivity index (χ4v) is 4.98. The lowest BCUT2D eigenvalue weighted by Crippen LogP contribution is -2.49. The third kappa shape index (κ3) is 6.20. The first kappa shape index (κ1) is 24.2. The SMILES string of the molecule is Cc1cc(C)c(S(=O)(=O)NC(COc2ccccc2CN(C)C)C(F)(F)F)c(C)c1. The number of para-hydroxylation sites is 1. The molecule has 2 aromatic carbocycles. The van der Waals surface area contributed by atoms with Gasteiger partial charge in [0.15, 0.2) is 6.04 Å². The Morgan fingerprint density at radius 1 is 1.07 bits per heavy atom. The van der Waals surface area contributed by atoms with Crippen molar-refractivity contribution in [2.24, 2.45) is 0 Å². The number of aryl methyl sites for hydroxylation is 3. The minimum absolute atomic E-state index is 0.143. The van der Waals surface area contributed by atoms with E-state index in [1.54, 1.807) is 61.9 Å². The van der Waals surface area contributed by atoms with E-state index in [0.29, 0.717) is 23.2 Å². The second kappa shape index (κ2) is 9.36. The summed E-state index contributed by atoms with van der Waals surface area (Å²) in [5.41, 5.74) is 2.31. The summed E-state index contributed by atoms with van der Waals surface area (Å²) in [6.07, 6.45) is -4.82. The Bertz CT molecular complexity index is 966. The highest BCUT2D eigenvalue weighted by molar-refractivity contribution is 7.89. The predicted octanol–water partition coefficient (Wildman–Crippen LogP) is 3.96. The Kier molecular flexibility index (Phi) is 7.54. The monoisotopic (exact) mass is 444 g/mol. The zero-order chi connectivity index (χ0) is 22.7. The van der Waals surface area contributed by atoms with E-state index in [2.05, 4.69) is 0 Å². The van der Waals surface area contributed by atoms with Crippen LogP contribution in [0, 0.1) is 20.8 Å². The first-order valence-corrected chi connectivity index (χ1v) is 10.8. The molecule has 0 bridgehead atoms. The zero-order valence-corrected chi connectivity index (χ0v) is 18.5. The van der Waals surface area contributed by atoms with Crippen molar-refractivity contribution in [3.05, 3.63) is 58.7 Å². The van der Waals surface area contributed by atoms with Crippen LogP contribution in [-0.4, -0.2) is 46.2 Å². The highest BCUT2D eigenvalue weighted by Crippen LogP contribution is 2.27. The number of rotatable bonds is 8. The number of ether oxygens (including phenoxy) is 1. The lowest BCUT2D eigenvalue weighted by atomic mass is 10.1. The van der Waals surface area contributed by atoms with Crippen molar-refractivity contribution in [2.45, 2.75) is 44.4 Å². The maximum absolute atomic E-state index is 13.6. The van der Waals surface area contributed by atoms with Gasteiger partial charge in [-0.25, -0.2) is 8.42 Å². The Hall–Kier alpha value is -2.10. The van der Waals surface area contributed by atoms with Crippen molar-refractivity contribution in [1.29, 1.82) is 0 Å². The van der Waals surface area contributed by atoms with Crippen molar-refractivity contribution in [1.82, 2.24) is 9.62 Å². The van der Waals surface area contributed by atoms with Crippen molar-refractivity contribution < 1.29 is 26.3 Å². The number of sulfonamides is 1. The van der Waals surface area contributed by atoms with Crippen LogP contribution < -0.4 is 9.46 Å². The molecule has 2 aromatic rings. The molecule has 0 aliphatic rings. The van der Waals surface area contributed by atoms with E-state index in [1.807, 2.05) is 19.0 Å². The second-order valence-corrected chi connectivity index (χ2v) is 9.25. The molecule has 2 rings (SSSR count). The molecular weight excluding hydrogens is 417 g/mol. The molecule has 0 amide bonds. The molecule has 0 saturated carbocycles. The van der Waals surface area contributed by atoms with Crippen LogP contribution >= 0.6 is 0 Å². The molecule has 30 heavy (non-hydrogen) atoms. The zero-order valence-electron chi connectivity index (χ0n) is 17.7. The van der Waals surface area contributed by atoms with Gasteiger partial charge in [0.05, 0.1) is 4.90 Å². The van der Waals surface area contributed by atoms with Gasteiger partial charge >= 0.3 is 6.18 Å². The average molecular weight is 445 g/mol. The molecule has 0 aliphatic heterocycles. The van der Waals surface area contributed by atoms with Gasteiger partial charge in [0.2, 0.25) is 10.0 Å². The Morgan fingerprint density at radius 3 is 2.17 bits per heavy atom. The summed E-state index contributed by atoms with van der Waals surface area (Å²) < 4.78 is 73.7. The molecular formula is C21H27F3N2O3S. The number of hydrogen-bond acceptors (Lipinski definition) is 4. The minimum Gasteiger partial charge on any atom is -0.491 e. The predicted molar refractivity (Wildman–Crippen MR) is 110 cm³/mol. The van der Waals surface area contributed by atoms with E-state index in [4.69, 9.17) is 4.74 Å². The summed E-state index contributed by atoms with van der Waals surface area (Å²) in [5, 5.41) is 0. The van der Waals surface area contributed by atoms with Gasteiger partial charge in [0.1, 0.15) is 12.4 Å². The van der Waals surface area contributed by atoms with E-state index in [0.717, 1.165) is 5.56 Å². The number of nitrogens with zero attached hydrogens (tertiary/aromatic N) is 1. The van der Waals surface area contributed by atoms with Crippen molar-refractivity contribution in [3.8, 4) is 5.75 Å².